The fraction of sp³-hybridized carbons (Fsp3) is 1.00. The number of hydrogen-bond donors (Lipinski definition) is 1. The first kappa shape index (κ1) is 10.5. The fourth-order valence-corrected chi connectivity index (χ4v) is 3.44. The predicted octanol–water partition coefficient (Wildman–Crippen LogP) is 3.22. The summed E-state index contributed by atoms with van der Waals surface area (Å²) in [5.41, 5.74) is 0.474. The summed E-state index contributed by atoms with van der Waals surface area (Å²) < 4.78 is 0. The number of aliphatic hydroxyl groups excluding tert-OH is 1. The summed E-state index contributed by atoms with van der Waals surface area (Å²) in [5, 5.41) is 9.65. The average molecular weight is 196 g/mol. The molecule has 2 saturated carbocycles. The van der Waals surface area contributed by atoms with Gasteiger partial charge in [0.25, 0.3) is 0 Å². The molecular weight excluding hydrogens is 172 g/mol. The van der Waals surface area contributed by atoms with Gasteiger partial charge in [-0.25, -0.2) is 0 Å². The second-order valence-electron chi connectivity index (χ2n) is 6.52. The van der Waals surface area contributed by atoms with Crippen LogP contribution in [0.1, 0.15) is 52.9 Å². The lowest BCUT2D eigenvalue weighted by Crippen LogP contribution is -2.23. The molecule has 1 N–H and O–H groups in total. The molecule has 2 aliphatic carbocycles. The molecule has 4 atom stereocenters. The Morgan fingerprint density at radius 2 is 1.57 bits per heavy atom. The molecule has 0 aromatic carbocycles. The third kappa shape index (κ3) is 1.98. The first-order valence-electron chi connectivity index (χ1n) is 6.15. The topological polar surface area (TPSA) is 20.2 Å². The Balaban J connectivity index is 1.99. The summed E-state index contributed by atoms with van der Waals surface area (Å²) in [6, 6.07) is 0. The van der Waals surface area contributed by atoms with Gasteiger partial charge >= 0.3 is 0 Å². The van der Waals surface area contributed by atoms with E-state index >= 15 is 0 Å². The Hall–Kier alpha value is -0.0400. The van der Waals surface area contributed by atoms with Crippen molar-refractivity contribution in [2.45, 2.75) is 59.0 Å². The molecule has 0 aromatic heterocycles. The van der Waals surface area contributed by atoms with Crippen molar-refractivity contribution in [2.24, 2.45) is 23.2 Å². The van der Waals surface area contributed by atoms with Crippen LogP contribution in [0, 0.1) is 23.2 Å². The van der Waals surface area contributed by atoms with E-state index in [4.69, 9.17) is 0 Å². The minimum Gasteiger partial charge on any atom is -0.393 e. The van der Waals surface area contributed by atoms with Crippen LogP contribution in [0.3, 0.4) is 0 Å². The van der Waals surface area contributed by atoms with Crippen molar-refractivity contribution in [3.63, 3.8) is 0 Å². The molecule has 2 fully saturated rings. The normalized spacial score (nSPS) is 43.7. The number of fused-ring (bicyclic) bond motifs is 1. The number of rotatable bonds is 0. The molecule has 14 heavy (non-hydrogen) atoms. The molecule has 0 spiro atoms. The van der Waals surface area contributed by atoms with E-state index in [-0.39, 0.29) is 6.10 Å². The third-order valence-corrected chi connectivity index (χ3v) is 4.51. The zero-order valence-corrected chi connectivity index (χ0v) is 9.79. The van der Waals surface area contributed by atoms with Crippen LogP contribution in [0.5, 0.6) is 0 Å². The lowest BCUT2D eigenvalue weighted by molar-refractivity contribution is 0.0804. The fourth-order valence-electron chi connectivity index (χ4n) is 3.44. The van der Waals surface area contributed by atoms with Crippen LogP contribution in [0.25, 0.3) is 0 Å². The van der Waals surface area contributed by atoms with Gasteiger partial charge in [-0.15, -0.1) is 0 Å². The quantitative estimate of drug-likeness (QED) is 0.630. The van der Waals surface area contributed by atoms with Crippen molar-refractivity contribution < 1.29 is 5.11 Å². The van der Waals surface area contributed by atoms with Gasteiger partial charge in [0.15, 0.2) is 0 Å². The highest BCUT2D eigenvalue weighted by molar-refractivity contribution is 4.92. The minimum atomic E-state index is 0.00923. The standard InChI is InChI=1S/C13H24O/c1-13(2,3)11-6-9-4-5-12(14)8-10(9)7-11/h9-12,14H,4-8H2,1-3H3. The number of hydrogen-bond acceptors (Lipinski definition) is 1. The molecule has 0 amide bonds. The minimum absolute atomic E-state index is 0.00923. The van der Waals surface area contributed by atoms with E-state index in [1.807, 2.05) is 0 Å². The molecule has 4 unspecified atom stereocenters. The highest BCUT2D eigenvalue weighted by Gasteiger charge is 2.41. The van der Waals surface area contributed by atoms with Gasteiger partial charge in [0.1, 0.15) is 0 Å². The molecule has 0 saturated heterocycles. The van der Waals surface area contributed by atoms with Crippen LogP contribution in [-0.2, 0) is 0 Å². The van der Waals surface area contributed by atoms with E-state index in [2.05, 4.69) is 20.8 Å². The van der Waals surface area contributed by atoms with E-state index in [1.54, 1.807) is 0 Å². The van der Waals surface area contributed by atoms with Crippen molar-refractivity contribution >= 4 is 0 Å². The first-order chi connectivity index (χ1) is 6.47. The monoisotopic (exact) mass is 196 g/mol. The molecule has 0 heterocycles. The Bertz CT molecular complexity index is 204. The van der Waals surface area contributed by atoms with Crippen LogP contribution >= 0.6 is 0 Å². The summed E-state index contributed by atoms with van der Waals surface area (Å²) in [6.07, 6.45) is 6.20. The molecule has 0 radical (unpaired) electrons. The molecule has 0 bridgehead atoms. The van der Waals surface area contributed by atoms with Gasteiger partial charge in [-0.3, -0.25) is 0 Å². The third-order valence-electron chi connectivity index (χ3n) is 4.51. The van der Waals surface area contributed by atoms with Gasteiger partial charge in [-0.05, 0) is 55.3 Å². The molecule has 1 heteroatoms. The van der Waals surface area contributed by atoms with Crippen molar-refractivity contribution in [1.82, 2.24) is 0 Å². The molecule has 2 aliphatic rings. The average Bonchev–Trinajstić information content (AvgIpc) is 2.45. The molecule has 0 aromatic rings. The molecule has 0 aliphatic heterocycles. The lowest BCUT2D eigenvalue weighted by atomic mass is 9.79. The Kier molecular flexibility index (Phi) is 2.63. The smallest absolute Gasteiger partial charge is 0.0543 e. The van der Waals surface area contributed by atoms with Gasteiger partial charge in [-0.2, -0.15) is 0 Å². The van der Waals surface area contributed by atoms with Gasteiger partial charge < -0.3 is 5.11 Å². The summed E-state index contributed by atoms with van der Waals surface area (Å²) in [4.78, 5) is 0. The van der Waals surface area contributed by atoms with Crippen LogP contribution < -0.4 is 0 Å². The van der Waals surface area contributed by atoms with E-state index in [1.165, 1.54) is 19.3 Å². The summed E-state index contributed by atoms with van der Waals surface area (Å²) in [6.45, 7) is 7.10. The highest BCUT2D eigenvalue weighted by Crippen LogP contribution is 2.50. The molecule has 1 nitrogen and oxygen atoms in total. The van der Waals surface area contributed by atoms with Crippen molar-refractivity contribution in [2.75, 3.05) is 0 Å². The second kappa shape index (κ2) is 3.52. The SMILES string of the molecule is CC(C)(C)C1CC2CCC(O)CC2C1. The van der Waals surface area contributed by atoms with E-state index in [0.717, 1.165) is 30.6 Å². The maximum Gasteiger partial charge on any atom is 0.0543 e. The maximum absolute atomic E-state index is 9.65. The Morgan fingerprint density at radius 1 is 0.929 bits per heavy atom. The largest absolute Gasteiger partial charge is 0.393 e. The molecular formula is C13H24O. The van der Waals surface area contributed by atoms with Crippen LogP contribution in [0.4, 0.5) is 0 Å². The van der Waals surface area contributed by atoms with Crippen molar-refractivity contribution in [1.29, 1.82) is 0 Å². The first-order valence-corrected chi connectivity index (χ1v) is 6.15. The summed E-state index contributed by atoms with van der Waals surface area (Å²) in [5.74, 6) is 2.66. The lowest BCUT2D eigenvalue weighted by Gasteiger charge is -2.28. The van der Waals surface area contributed by atoms with Crippen LogP contribution in [-0.4, -0.2) is 11.2 Å². The van der Waals surface area contributed by atoms with Crippen molar-refractivity contribution in [3.8, 4) is 0 Å². The predicted molar refractivity (Wildman–Crippen MR) is 59.0 cm³/mol. The summed E-state index contributed by atoms with van der Waals surface area (Å²) >= 11 is 0. The van der Waals surface area contributed by atoms with Gasteiger partial charge in [0.05, 0.1) is 6.10 Å². The van der Waals surface area contributed by atoms with E-state index in [9.17, 15) is 5.11 Å². The van der Waals surface area contributed by atoms with Crippen LogP contribution in [0.15, 0.2) is 0 Å². The Morgan fingerprint density at radius 3 is 2.21 bits per heavy atom. The second-order valence-corrected chi connectivity index (χ2v) is 6.52. The van der Waals surface area contributed by atoms with E-state index in [0.29, 0.717) is 5.41 Å². The van der Waals surface area contributed by atoms with Crippen molar-refractivity contribution in [3.05, 3.63) is 0 Å². The van der Waals surface area contributed by atoms with Gasteiger partial charge in [0.2, 0.25) is 0 Å². The maximum atomic E-state index is 9.65. The molecule has 2 rings (SSSR count). The molecule has 82 valence electrons. The van der Waals surface area contributed by atoms with Gasteiger partial charge in [0, 0.05) is 0 Å². The zero-order valence-electron chi connectivity index (χ0n) is 9.79. The van der Waals surface area contributed by atoms with E-state index < -0.39 is 0 Å². The highest BCUT2D eigenvalue weighted by atomic mass is 16.3. The number of aliphatic hydroxyl groups is 1. The summed E-state index contributed by atoms with van der Waals surface area (Å²) in [7, 11) is 0. The van der Waals surface area contributed by atoms with Gasteiger partial charge in [-0.1, -0.05) is 20.8 Å². The zero-order chi connectivity index (χ0) is 10.3. The van der Waals surface area contributed by atoms with Crippen LogP contribution in [0.2, 0.25) is 0 Å². The Labute approximate surface area is 87.9 Å².